The summed E-state index contributed by atoms with van der Waals surface area (Å²) in [4.78, 5) is 14.6. The van der Waals surface area contributed by atoms with Gasteiger partial charge in [0.1, 0.15) is 24.4 Å². The van der Waals surface area contributed by atoms with Crippen LogP contribution in [0, 0.1) is 0 Å². The van der Waals surface area contributed by atoms with E-state index in [2.05, 4.69) is 13.8 Å². The first kappa shape index (κ1) is 51.1. The number of amides is 1. The minimum Gasteiger partial charge on any atom is -0.490 e. The normalized spacial score (nSPS) is 13.7. The second kappa shape index (κ2) is 35.3. The predicted octanol–water partition coefficient (Wildman–Crippen LogP) is 9.91. The number of ether oxygens (including phenoxy) is 2. The number of carbonyl (C=O) groups is 1. The van der Waals surface area contributed by atoms with Crippen molar-refractivity contribution in [2.75, 3.05) is 33.4 Å². The summed E-state index contributed by atoms with van der Waals surface area (Å²) in [6, 6.07) is 5.11. The van der Waals surface area contributed by atoms with Gasteiger partial charge in [-0.05, 0) is 31.0 Å². The van der Waals surface area contributed by atoms with E-state index in [0.717, 1.165) is 25.7 Å². The fourth-order valence-corrected chi connectivity index (χ4v) is 7.09. The van der Waals surface area contributed by atoms with Crippen molar-refractivity contribution in [1.82, 2.24) is 4.90 Å². The average Bonchev–Trinajstić information content (AvgIpc) is 3.19. The number of unbranched alkanes of at least 4 members (excludes halogenated alkanes) is 26. The van der Waals surface area contributed by atoms with Crippen LogP contribution in [0.3, 0.4) is 0 Å². The molecule has 1 rings (SSSR count). The zero-order valence-corrected chi connectivity index (χ0v) is 35.6. The molecule has 1 aromatic rings. The van der Waals surface area contributed by atoms with Crippen molar-refractivity contribution in [2.45, 2.75) is 218 Å². The van der Waals surface area contributed by atoms with Crippen LogP contribution in [0.5, 0.6) is 11.5 Å². The molecule has 0 spiro atoms. The molecule has 0 aliphatic rings. The highest BCUT2D eigenvalue weighted by atomic mass is 16.5. The first-order valence-corrected chi connectivity index (χ1v) is 22.7. The van der Waals surface area contributed by atoms with Gasteiger partial charge in [-0.2, -0.15) is 0 Å². The molecule has 4 atom stereocenters. The van der Waals surface area contributed by atoms with Crippen LogP contribution < -0.4 is 9.47 Å². The lowest BCUT2D eigenvalue weighted by Crippen LogP contribution is -2.49. The van der Waals surface area contributed by atoms with Gasteiger partial charge in [0.2, 0.25) is 0 Å². The lowest BCUT2D eigenvalue weighted by molar-refractivity contribution is -0.117. The number of hydrogen-bond acceptors (Lipinski definition) is 8. The molecule has 0 aromatic heterocycles. The van der Waals surface area contributed by atoms with E-state index in [1.54, 1.807) is 18.2 Å². The Morgan fingerprint density at radius 2 is 0.873 bits per heavy atom. The maximum Gasteiger partial charge on any atom is 0.253 e. The second-order valence-corrected chi connectivity index (χ2v) is 16.0. The summed E-state index contributed by atoms with van der Waals surface area (Å²) in [7, 11) is 1.49. The molecular weight excluding hydrogens is 695 g/mol. The van der Waals surface area contributed by atoms with Gasteiger partial charge in [0.15, 0.2) is 11.5 Å². The van der Waals surface area contributed by atoms with Gasteiger partial charge in [-0.3, -0.25) is 4.79 Å². The van der Waals surface area contributed by atoms with Gasteiger partial charge in [0.25, 0.3) is 5.91 Å². The molecule has 0 aliphatic carbocycles. The number of likely N-dealkylation sites (N-methyl/N-ethyl adjacent to an activating group) is 1. The molecule has 322 valence electrons. The zero-order valence-electron chi connectivity index (χ0n) is 35.6. The minimum absolute atomic E-state index is 0.290. The van der Waals surface area contributed by atoms with E-state index in [9.17, 15) is 25.2 Å². The fourth-order valence-electron chi connectivity index (χ4n) is 7.09. The molecule has 9 heteroatoms. The molecular formula is C46H85NO8. The molecule has 0 fully saturated rings. The van der Waals surface area contributed by atoms with Gasteiger partial charge in [-0.1, -0.05) is 181 Å². The lowest BCUT2D eigenvalue weighted by Gasteiger charge is -2.28. The summed E-state index contributed by atoms with van der Waals surface area (Å²) in [5, 5.41) is 49.3. The molecule has 5 N–H and O–H groups in total. The molecule has 0 saturated heterocycles. The van der Waals surface area contributed by atoms with Gasteiger partial charge >= 0.3 is 0 Å². The van der Waals surface area contributed by atoms with E-state index in [1.807, 2.05) is 0 Å². The number of aliphatic hydroxyl groups is 5. The Kier molecular flexibility index (Phi) is 32.8. The third-order valence-electron chi connectivity index (χ3n) is 10.8. The first-order chi connectivity index (χ1) is 26.8. The minimum atomic E-state index is -1.76. The fraction of sp³-hybridized carbons (Fsp3) is 0.848. The Hall–Kier alpha value is -1.91. The third-order valence-corrected chi connectivity index (χ3v) is 10.8. The van der Waals surface area contributed by atoms with Gasteiger partial charge in [-0.25, -0.2) is 0 Å². The number of benzene rings is 1. The van der Waals surface area contributed by atoms with Crippen molar-refractivity contribution in [3.05, 3.63) is 23.8 Å². The summed E-state index contributed by atoms with van der Waals surface area (Å²) < 4.78 is 12.4. The van der Waals surface area contributed by atoms with Crippen LogP contribution in [0.2, 0.25) is 0 Å². The molecule has 1 amide bonds. The quantitative estimate of drug-likeness (QED) is 0.0416. The standard InChI is InChI=1S/C46H85NO8/c1-4-6-8-10-12-14-16-18-20-22-24-26-28-30-34-54-42-33-32-39(46(53)47(3)37-40(49)44(51)45(52)41(50)38-48)36-43(42)55-35-31-29-27-25-23-21-19-17-15-13-11-9-7-5-2/h32-33,36,40-41,44-45,48-52H,4-31,34-35,37-38H2,1-3H3/t40-,41-,44+,45+/m0/s1. The topological polar surface area (TPSA) is 140 Å². The highest BCUT2D eigenvalue weighted by Crippen LogP contribution is 2.30. The van der Waals surface area contributed by atoms with Crippen molar-refractivity contribution < 1.29 is 39.8 Å². The summed E-state index contributed by atoms with van der Waals surface area (Å²) in [6.07, 6.45) is 29.5. The first-order valence-electron chi connectivity index (χ1n) is 22.7. The number of hydrogen-bond donors (Lipinski definition) is 5. The molecule has 0 unspecified atom stereocenters. The summed E-state index contributed by atoms with van der Waals surface area (Å²) in [6.45, 7) is 4.57. The maximum atomic E-state index is 13.3. The Labute approximate surface area is 336 Å². The second-order valence-electron chi connectivity index (χ2n) is 16.0. The van der Waals surface area contributed by atoms with Crippen LogP contribution in [0.15, 0.2) is 18.2 Å². The predicted molar refractivity (Wildman–Crippen MR) is 226 cm³/mol. The highest BCUT2D eigenvalue weighted by Gasteiger charge is 2.31. The summed E-state index contributed by atoms with van der Waals surface area (Å²) in [5.74, 6) is 0.723. The van der Waals surface area contributed by atoms with Crippen molar-refractivity contribution in [3.8, 4) is 11.5 Å². The lowest BCUT2D eigenvalue weighted by atomic mass is 10.0. The third kappa shape index (κ3) is 25.9. The SMILES string of the molecule is CCCCCCCCCCCCCCCCOc1ccc(C(=O)N(C)C[C@H](O)[C@@H](O)[C@H](O)[C@@H](O)CO)cc1OCCCCCCCCCCCCCCCC. The number of nitrogens with zero attached hydrogens (tertiary/aromatic N) is 1. The summed E-state index contributed by atoms with van der Waals surface area (Å²) in [5.41, 5.74) is 0.347. The van der Waals surface area contributed by atoms with Crippen LogP contribution in [-0.4, -0.2) is 94.2 Å². The monoisotopic (exact) mass is 780 g/mol. The largest absolute Gasteiger partial charge is 0.490 e. The summed E-state index contributed by atoms with van der Waals surface area (Å²) >= 11 is 0. The molecule has 1 aromatic carbocycles. The van der Waals surface area contributed by atoms with E-state index < -0.39 is 36.9 Å². The Balaban J connectivity index is 2.54. The molecule has 0 bridgehead atoms. The Morgan fingerprint density at radius 3 is 1.25 bits per heavy atom. The van der Waals surface area contributed by atoms with Gasteiger partial charge < -0.3 is 39.9 Å². The molecule has 0 aliphatic heterocycles. The van der Waals surface area contributed by atoms with Gasteiger partial charge in [-0.15, -0.1) is 0 Å². The molecule has 0 heterocycles. The number of carbonyl (C=O) groups excluding carboxylic acids is 1. The maximum absolute atomic E-state index is 13.3. The highest BCUT2D eigenvalue weighted by molar-refractivity contribution is 5.94. The van der Waals surface area contributed by atoms with Gasteiger partial charge in [0, 0.05) is 19.2 Å². The smallest absolute Gasteiger partial charge is 0.253 e. The average molecular weight is 780 g/mol. The van der Waals surface area contributed by atoms with Crippen LogP contribution in [0.4, 0.5) is 0 Å². The van der Waals surface area contributed by atoms with Crippen molar-refractivity contribution in [2.24, 2.45) is 0 Å². The Bertz CT molecular complexity index is 1030. The van der Waals surface area contributed by atoms with Crippen LogP contribution in [0.25, 0.3) is 0 Å². The van der Waals surface area contributed by atoms with Crippen molar-refractivity contribution in [1.29, 1.82) is 0 Å². The zero-order chi connectivity index (χ0) is 40.4. The van der Waals surface area contributed by atoms with Crippen molar-refractivity contribution >= 4 is 5.91 Å². The molecule has 55 heavy (non-hydrogen) atoms. The van der Waals surface area contributed by atoms with E-state index >= 15 is 0 Å². The van der Waals surface area contributed by atoms with Crippen LogP contribution >= 0.6 is 0 Å². The van der Waals surface area contributed by atoms with E-state index in [-0.39, 0.29) is 6.54 Å². The molecule has 0 radical (unpaired) electrons. The van der Waals surface area contributed by atoms with Crippen molar-refractivity contribution in [3.63, 3.8) is 0 Å². The van der Waals surface area contributed by atoms with E-state index in [1.165, 1.54) is 166 Å². The number of rotatable bonds is 39. The van der Waals surface area contributed by atoms with Crippen LogP contribution in [0.1, 0.15) is 204 Å². The molecule has 9 nitrogen and oxygen atoms in total. The van der Waals surface area contributed by atoms with Crippen LogP contribution in [-0.2, 0) is 0 Å². The van der Waals surface area contributed by atoms with E-state index in [0.29, 0.717) is 30.3 Å². The van der Waals surface area contributed by atoms with Gasteiger partial charge in [0.05, 0.1) is 19.8 Å². The molecule has 0 saturated carbocycles. The van der Waals surface area contributed by atoms with E-state index in [4.69, 9.17) is 14.6 Å². The Morgan fingerprint density at radius 1 is 0.527 bits per heavy atom. The number of aliphatic hydroxyl groups excluding tert-OH is 5.